The van der Waals surface area contributed by atoms with E-state index in [1.807, 2.05) is 6.92 Å². The van der Waals surface area contributed by atoms with Crippen LogP contribution >= 0.6 is 15.9 Å². The van der Waals surface area contributed by atoms with Gasteiger partial charge in [0.15, 0.2) is 5.78 Å². The third kappa shape index (κ3) is 3.57. The zero-order valence-electron chi connectivity index (χ0n) is 11.1. The number of carbonyl (C=O) groups is 1. The highest BCUT2D eigenvalue weighted by Crippen LogP contribution is 2.21. The molecule has 5 heteroatoms. The van der Waals surface area contributed by atoms with Gasteiger partial charge in [-0.05, 0) is 30.7 Å². The van der Waals surface area contributed by atoms with Gasteiger partial charge in [0.2, 0.25) is 0 Å². The minimum Gasteiger partial charge on any atom is -0.492 e. The number of rotatable bonds is 5. The van der Waals surface area contributed by atoms with E-state index in [1.165, 1.54) is 6.20 Å². The number of aromatic nitrogens is 1. The Bertz CT molecular complexity index is 609. The number of hydrogen-bond acceptors (Lipinski definition) is 4. The summed E-state index contributed by atoms with van der Waals surface area (Å²) in [6, 6.07) is 6.82. The molecule has 0 radical (unpaired) electrons. The average Bonchev–Trinajstić information content (AvgIpc) is 2.43. The average molecular weight is 335 g/mol. The Kier molecular flexibility index (Phi) is 4.74. The standard InChI is InChI=1S/C15H15BrN2O2/c1-2-3-20-14-6-11(8-18-9-14)15(19)10-4-12(16)7-13(17)5-10/h4-9H,2-3,17H2,1H3. The number of nitrogens with two attached hydrogens (primary N) is 1. The molecule has 0 aliphatic rings. The van der Waals surface area contributed by atoms with E-state index in [9.17, 15) is 4.79 Å². The largest absolute Gasteiger partial charge is 0.492 e. The molecule has 0 aliphatic heterocycles. The molecule has 2 aromatic rings. The molecular formula is C15H15BrN2O2. The predicted octanol–water partition coefficient (Wildman–Crippen LogP) is 3.45. The molecule has 0 aliphatic carbocycles. The third-order valence-corrected chi connectivity index (χ3v) is 3.09. The van der Waals surface area contributed by atoms with E-state index in [0.29, 0.717) is 29.2 Å². The van der Waals surface area contributed by atoms with E-state index in [1.54, 1.807) is 30.5 Å². The first-order valence-electron chi connectivity index (χ1n) is 6.28. The zero-order valence-corrected chi connectivity index (χ0v) is 12.7. The molecule has 0 spiro atoms. The van der Waals surface area contributed by atoms with Crippen LogP contribution in [-0.4, -0.2) is 17.4 Å². The van der Waals surface area contributed by atoms with Crippen molar-refractivity contribution in [1.82, 2.24) is 4.98 Å². The van der Waals surface area contributed by atoms with Crippen molar-refractivity contribution >= 4 is 27.4 Å². The van der Waals surface area contributed by atoms with Crippen LogP contribution in [0, 0.1) is 0 Å². The summed E-state index contributed by atoms with van der Waals surface area (Å²) < 4.78 is 6.25. The highest BCUT2D eigenvalue weighted by Gasteiger charge is 2.12. The second kappa shape index (κ2) is 6.52. The summed E-state index contributed by atoms with van der Waals surface area (Å²) in [7, 11) is 0. The lowest BCUT2D eigenvalue weighted by Gasteiger charge is -2.07. The Morgan fingerprint density at radius 1 is 1.25 bits per heavy atom. The molecule has 1 aromatic carbocycles. The van der Waals surface area contributed by atoms with Gasteiger partial charge in [0, 0.05) is 27.5 Å². The lowest BCUT2D eigenvalue weighted by Crippen LogP contribution is -2.04. The van der Waals surface area contributed by atoms with Gasteiger partial charge in [0.25, 0.3) is 0 Å². The van der Waals surface area contributed by atoms with Gasteiger partial charge in [-0.2, -0.15) is 0 Å². The molecule has 0 bridgehead atoms. The number of carbonyl (C=O) groups excluding carboxylic acids is 1. The van der Waals surface area contributed by atoms with E-state index in [4.69, 9.17) is 10.5 Å². The first-order chi connectivity index (χ1) is 9.60. The fourth-order valence-electron chi connectivity index (χ4n) is 1.75. The fraction of sp³-hybridized carbons (Fsp3) is 0.200. The van der Waals surface area contributed by atoms with Crippen LogP contribution in [0.5, 0.6) is 5.75 Å². The molecule has 0 fully saturated rings. The van der Waals surface area contributed by atoms with Crippen molar-refractivity contribution in [3.63, 3.8) is 0 Å². The SMILES string of the molecule is CCCOc1cncc(C(=O)c2cc(N)cc(Br)c2)c1. The summed E-state index contributed by atoms with van der Waals surface area (Å²) in [5, 5.41) is 0. The van der Waals surface area contributed by atoms with Crippen LogP contribution in [-0.2, 0) is 0 Å². The molecule has 0 saturated heterocycles. The minimum absolute atomic E-state index is 0.132. The van der Waals surface area contributed by atoms with Gasteiger partial charge in [-0.15, -0.1) is 0 Å². The van der Waals surface area contributed by atoms with Crippen LogP contribution in [0.1, 0.15) is 29.3 Å². The Morgan fingerprint density at radius 3 is 2.75 bits per heavy atom. The van der Waals surface area contributed by atoms with E-state index in [-0.39, 0.29) is 5.78 Å². The molecule has 1 aromatic heterocycles. The normalized spacial score (nSPS) is 10.3. The number of ketones is 1. The molecule has 0 unspecified atom stereocenters. The number of halogens is 1. The van der Waals surface area contributed by atoms with Gasteiger partial charge < -0.3 is 10.5 Å². The third-order valence-electron chi connectivity index (χ3n) is 2.63. The van der Waals surface area contributed by atoms with Crippen molar-refractivity contribution < 1.29 is 9.53 Å². The van der Waals surface area contributed by atoms with Crippen LogP contribution < -0.4 is 10.5 Å². The number of pyridine rings is 1. The fourth-order valence-corrected chi connectivity index (χ4v) is 2.26. The molecule has 4 nitrogen and oxygen atoms in total. The summed E-state index contributed by atoms with van der Waals surface area (Å²) in [6.07, 6.45) is 4.03. The maximum Gasteiger partial charge on any atom is 0.194 e. The van der Waals surface area contributed by atoms with E-state index < -0.39 is 0 Å². The Morgan fingerprint density at radius 2 is 2.05 bits per heavy atom. The van der Waals surface area contributed by atoms with Crippen molar-refractivity contribution in [2.24, 2.45) is 0 Å². The zero-order chi connectivity index (χ0) is 14.5. The maximum atomic E-state index is 12.4. The van der Waals surface area contributed by atoms with Crippen LogP contribution in [0.3, 0.4) is 0 Å². The molecule has 20 heavy (non-hydrogen) atoms. The van der Waals surface area contributed by atoms with Crippen molar-refractivity contribution in [3.05, 3.63) is 52.3 Å². The van der Waals surface area contributed by atoms with E-state index in [0.717, 1.165) is 10.9 Å². The monoisotopic (exact) mass is 334 g/mol. The molecule has 0 amide bonds. The lowest BCUT2D eigenvalue weighted by molar-refractivity contribution is 0.103. The van der Waals surface area contributed by atoms with Gasteiger partial charge in [-0.25, -0.2) is 0 Å². The van der Waals surface area contributed by atoms with E-state index >= 15 is 0 Å². The Balaban J connectivity index is 2.28. The summed E-state index contributed by atoms with van der Waals surface area (Å²) in [6.45, 7) is 2.62. The van der Waals surface area contributed by atoms with Crippen LogP contribution in [0.2, 0.25) is 0 Å². The van der Waals surface area contributed by atoms with Crippen molar-refractivity contribution in [2.45, 2.75) is 13.3 Å². The summed E-state index contributed by atoms with van der Waals surface area (Å²) in [5.74, 6) is 0.466. The Hall–Kier alpha value is -1.88. The molecule has 104 valence electrons. The summed E-state index contributed by atoms with van der Waals surface area (Å²) in [5.41, 5.74) is 7.29. The topological polar surface area (TPSA) is 65.2 Å². The molecule has 0 atom stereocenters. The summed E-state index contributed by atoms with van der Waals surface area (Å²) >= 11 is 3.33. The number of nitrogen functional groups attached to an aromatic ring is 1. The van der Waals surface area contributed by atoms with Crippen molar-refractivity contribution in [3.8, 4) is 5.75 Å². The first-order valence-corrected chi connectivity index (χ1v) is 7.08. The quantitative estimate of drug-likeness (QED) is 0.671. The highest BCUT2D eigenvalue weighted by atomic mass is 79.9. The van der Waals surface area contributed by atoms with Gasteiger partial charge in [0.1, 0.15) is 5.75 Å². The van der Waals surface area contributed by atoms with E-state index in [2.05, 4.69) is 20.9 Å². The summed E-state index contributed by atoms with van der Waals surface area (Å²) in [4.78, 5) is 16.4. The van der Waals surface area contributed by atoms with Gasteiger partial charge in [0.05, 0.1) is 12.8 Å². The van der Waals surface area contributed by atoms with Crippen LogP contribution in [0.4, 0.5) is 5.69 Å². The van der Waals surface area contributed by atoms with Crippen molar-refractivity contribution in [1.29, 1.82) is 0 Å². The molecule has 2 rings (SSSR count). The lowest BCUT2D eigenvalue weighted by atomic mass is 10.0. The highest BCUT2D eigenvalue weighted by molar-refractivity contribution is 9.10. The van der Waals surface area contributed by atoms with Gasteiger partial charge in [-0.3, -0.25) is 9.78 Å². The Labute approximate surface area is 126 Å². The molecule has 2 N–H and O–H groups in total. The minimum atomic E-state index is -0.132. The second-order valence-corrected chi connectivity index (χ2v) is 5.28. The molecular weight excluding hydrogens is 320 g/mol. The first kappa shape index (κ1) is 14.5. The van der Waals surface area contributed by atoms with Gasteiger partial charge in [-0.1, -0.05) is 22.9 Å². The number of hydrogen-bond donors (Lipinski definition) is 1. The predicted molar refractivity (Wildman–Crippen MR) is 82.0 cm³/mol. The number of nitrogens with zero attached hydrogens (tertiary/aromatic N) is 1. The smallest absolute Gasteiger partial charge is 0.194 e. The second-order valence-electron chi connectivity index (χ2n) is 4.36. The van der Waals surface area contributed by atoms with Gasteiger partial charge >= 0.3 is 0 Å². The number of ether oxygens (including phenoxy) is 1. The van der Waals surface area contributed by atoms with Crippen LogP contribution in [0.25, 0.3) is 0 Å². The van der Waals surface area contributed by atoms with Crippen LogP contribution in [0.15, 0.2) is 41.1 Å². The molecule has 1 heterocycles. The maximum absolute atomic E-state index is 12.4. The number of anilines is 1. The van der Waals surface area contributed by atoms with Crippen molar-refractivity contribution in [2.75, 3.05) is 12.3 Å². The number of benzene rings is 1. The molecule has 0 saturated carbocycles.